The van der Waals surface area contributed by atoms with E-state index in [1.54, 1.807) is 20.5 Å². The summed E-state index contributed by atoms with van der Waals surface area (Å²) in [6.45, 7) is 2.77. The first kappa shape index (κ1) is 14.9. The lowest BCUT2D eigenvalue weighted by atomic mass is 10.1. The fourth-order valence-electron chi connectivity index (χ4n) is 1.98. The van der Waals surface area contributed by atoms with Crippen LogP contribution in [-0.4, -0.2) is 14.2 Å². The second-order valence-electron chi connectivity index (χ2n) is 4.43. The fraction of sp³-hybridized carbons (Fsp3) is 0.333. The zero-order chi connectivity index (χ0) is 14.5. The molecule has 4 nitrogen and oxygen atoms in total. The molecule has 0 fully saturated rings. The average Bonchev–Trinajstić information content (AvgIpc) is 2.98. The molecule has 5 heteroatoms. The van der Waals surface area contributed by atoms with Gasteiger partial charge in [0.2, 0.25) is 0 Å². The lowest BCUT2D eigenvalue weighted by Gasteiger charge is -2.14. The number of hydrogen-bond acceptors (Lipinski definition) is 4. The summed E-state index contributed by atoms with van der Waals surface area (Å²) in [6, 6.07) is 7.98. The van der Waals surface area contributed by atoms with Crippen LogP contribution in [0.5, 0.6) is 11.5 Å². The van der Waals surface area contributed by atoms with Gasteiger partial charge in [0, 0.05) is 6.54 Å². The molecule has 1 N–H and O–H groups in total. The largest absolute Gasteiger partial charge is 0.493 e. The molecule has 0 saturated carbocycles. The highest BCUT2D eigenvalue weighted by Gasteiger charge is 2.12. The lowest BCUT2D eigenvalue weighted by molar-refractivity contribution is 0.352. The third kappa shape index (κ3) is 3.35. The number of rotatable bonds is 6. The minimum absolute atomic E-state index is 0.150. The number of nitrogens with one attached hydrogen (secondary N) is 1. The molecule has 1 aromatic heterocycles. The molecule has 1 aromatic carbocycles. The van der Waals surface area contributed by atoms with Gasteiger partial charge in [0.1, 0.15) is 5.76 Å². The highest BCUT2D eigenvalue weighted by atomic mass is 79.9. The van der Waals surface area contributed by atoms with Gasteiger partial charge in [-0.3, -0.25) is 0 Å². The van der Waals surface area contributed by atoms with Crippen molar-refractivity contribution < 1.29 is 13.9 Å². The third-order valence-corrected chi connectivity index (χ3v) is 3.66. The number of benzene rings is 1. The van der Waals surface area contributed by atoms with E-state index in [1.807, 2.05) is 24.3 Å². The van der Waals surface area contributed by atoms with Crippen LogP contribution in [0, 0.1) is 0 Å². The predicted molar refractivity (Wildman–Crippen MR) is 81.2 cm³/mol. The summed E-state index contributed by atoms with van der Waals surface area (Å²) in [5.74, 6) is 2.34. The molecule has 0 unspecified atom stereocenters. The van der Waals surface area contributed by atoms with Gasteiger partial charge in [0.05, 0.1) is 31.0 Å². The van der Waals surface area contributed by atoms with Crippen molar-refractivity contribution in [2.75, 3.05) is 14.2 Å². The second kappa shape index (κ2) is 6.81. The molecule has 108 valence electrons. The van der Waals surface area contributed by atoms with Gasteiger partial charge in [0.25, 0.3) is 0 Å². The van der Waals surface area contributed by atoms with Crippen LogP contribution in [0.25, 0.3) is 0 Å². The highest BCUT2D eigenvalue weighted by molar-refractivity contribution is 9.10. The van der Waals surface area contributed by atoms with E-state index in [4.69, 9.17) is 13.9 Å². The molecule has 0 aliphatic heterocycles. The topological polar surface area (TPSA) is 43.6 Å². The smallest absolute Gasteiger partial charge is 0.174 e. The number of methoxy groups -OCH3 is 2. The first-order chi connectivity index (χ1) is 9.65. The Labute approximate surface area is 127 Å². The standard InChI is InChI=1S/C15H18BrNO3/c1-10(13-5-4-6-20-13)17-9-11-7-12(16)15(19-3)14(8-11)18-2/h4-8,10,17H,9H2,1-3H3/t10-/m0/s1. The molecule has 0 aliphatic rings. The van der Waals surface area contributed by atoms with E-state index in [-0.39, 0.29) is 6.04 Å². The van der Waals surface area contributed by atoms with Crippen molar-refractivity contribution in [2.45, 2.75) is 19.5 Å². The first-order valence-corrected chi connectivity index (χ1v) is 7.12. The maximum atomic E-state index is 5.37. The predicted octanol–water partition coefficient (Wildman–Crippen LogP) is 3.91. The van der Waals surface area contributed by atoms with Crippen LogP contribution in [0.1, 0.15) is 24.3 Å². The Bertz CT molecular complexity index is 554. The summed E-state index contributed by atoms with van der Waals surface area (Å²) in [6.07, 6.45) is 1.68. The van der Waals surface area contributed by atoms with Gasteiger partial charge in [-0.05, 0) is 52.7 Å². The summed E-state index contributed by atoms with van der Waals surface area (Å²) < 4.78 is 16.9. The number of halogens is 1. The summed E-state index contributed by atoms with van der Waals surface area (Å²) in [4.78, 5) is 0. The van der Waals surface area contributed by atoms with Gasteiger partial charge in [-0.25, -0.2) is 0 Å². The highest BCUT2D eigenvalue weighted by Crippen LogP contribution is 2.36. The fourth-order valence-corrected chi connectivity index (χ4v) is 2.63. The van der Waals surface area contributed by atoms with E-state index in [1.165, 1.54) is 0 Å². The second-order valence-corrected chi connectivity index (χ2v) is 5.29. The molecule has 0 radical (unpaired) electrons. The normalized spacial score (nSPS) is 12.2. The van der Waals surface area contributed by atoms with Gasteiger partial charge >= 0.3 is 0 Å². The van der Waals surface area contributed by atoms with Gasteiger partial charge < -0.3 is 19.2 Å². The Morgan fingerprint density at radius 2 is 2.10 bits per heavy atom. The van der Waals surface area contributed by atoms with Gasteiger partial charge in [-0.1, -0.05) is 0 Å². The summed E-state index contributed by atoms with van der Waals surface area (Å²) in [5, 5.41) is 3.41. The number of hydrogen-bond donors (Lipinski definition) is 1. The molecule has 2 rings (SSSR count). The SMILES string of the molecule is COc1cc(CN[C@@H](C)c2ccco2)cc(Br)c1OC. The van der Waals surface area contributed by atoms with Crippen LogP contribution in [-0.2, 0) is 6.54 Å². The van der Waals surface area contributed by atoms with Crippen molar-refractivity contribution in [3.63, 3.8) is 0 Å². The van der Waals surface area contributed by atoms with Crippen LogP contribution in [0.3, 0.4) is 0 Å². The Balaban J connectivity index is 2.08. The van der Waals surface area contributed by atoms with Crippen LogP contribution in [0.2, 0.25) is 0 Å². The zero-order valence-corrected chi connectivity index (χ0v) is 13.4. The molecule has 1 heterocycles. The van der Waals surface area contributed by atoms with Crippen molar-refractivity contribution in [1.29, 1.82) is 0 Å². The molecule has 0 aliphatic carbocycles. The van der Waals surface area contributed by atoms with Crippen molar-refractivity contribution in [1.82, 2.24) is 5.32 Å². The number of ether oxygens (including phenoxy) is 2. The monoisotopic (exact) mass is 339 g/mol. The van der Waals surface area contributed by atoms with Crippen molar-refractivity contribution in [3.05, 3.63) is 46.3 Å². The van der Waals surface area contributed by atoms with E-state index in [0.717, 1.165) is 15.8 Å². The maximum absolute atomic E-state index is 5.37. The summed E-state index contributed by atoms with van der Waals surface area (Å²) in [5.41, 5.74) is 1.10. The van der Waals surface area contributed by atoms with E-state index >= 15 is 0 Å². The Morgan fingerprint density at radius 3 is 2.70 bits per heavy atom. The Morgan fingerprint density at radius 1 is 1.30 bits per heavy atom. The molecule has 2 aromatic rings. The summed E-state index contributed by atoms with van der Waals surface area (Å²) >= 11 is 3.49. The third-order valence-electron chi connectivity index (χ3n) is 3.08. The van der Waals surface area contributed by atoms with E-state index in [0.29, 0.717) is 18.0 Å². The van der Waals surface area contributed by atoms with E-state index in [9.17, 15) is 0 Å². The van der Waals surface area contributed by atoms with Crippen LogP contribution >= 0.6 is 15.9 Å². The minimum atomic E-state index is 0.150. The van der Waals surface area contributed by atoms with Crippen molar-refractivity contribution in [2.24, 2.45) is 0 Å². The maximum Gasteiger partial charge on any atom is 0.174 e. The average molecular weight is 340 g/mol. The van der Waals surface area contributed by atoms with Crippen molar-refractivity contribution in [3.8, 4) is 11.5 Å². The van der Waals surface area contributed by atoms with Crippen LogP contribution in [0.4, 0.5) is 0 Å². The molecular formula is C15H18BrNO3. The van der Waals surface area contributed by atoms with Crippen LogP contribution < -0.4 is 14.8 Å². The Hall–Kier alpha value is -1.46. The first-order valence-electron chi connectivity index (χ1n) is 6.33. The van der Waals surface area contributed by atoms with Gasteiger partial charge in [-0.2, -0.15) is 0 Å². The molecule has 0 spiro atoms. The van der Waals surface area contributed by atoms with Gasteiger partial charge in [-0.15, -0.1) is 0 Å². The van der Waals surface area contributed by atoms with E-state index in [2.05, 4.69) is 28.2 Å². The molecule has 20 heavy (non-hydrogen) atoms. The summed E-state index contributed by atoms with van der Waals surface area (Å²) in [7, 11) is 3.26. The minimum Gasteiger partial charge on any atom is -0.493 e. The molecule has 0 saturated heterocycles. The lowest BCUT2D eigenvalue weighted by Crippen LogP contribution is -2.17. The van der Waals surface area contributed by atoms with Crippen molar-refractivity contribution >= 4 is 15.9 Å². The molecule has 1 atom stereocenters. The van der Waals surface area contributed by atoms with E-state index < -0.39 is 0 Å². The molecule has 0 bridgehead atoms. The van der Waals surface area contributed by atoms with Crippen LogP contribution in [0.15, 0.2) is 39.4 Å². The molecule has 0 amide bonds. The zero-order valence-electron chi connectivity index (χ0n) is 11.8. The quantitative estimate of drug-likeness (QED) is 0.866. The van der Waals surface area contributed by atoms with Gasteiger partial charge in [0.15, 0.2) is 11.5 Å². The Kier molecular flexibility index (Phi) is 5.09. The molecular weight excluding hydrogens is 322 g/mol. The number of furan rings is 1.